The summed E-state index contributed by atoms with van der Waals surface area (Å²) in [6.45, 7) is 6.00. The van der Waals surface area contributed by atoms with Crippen molar-refractivity contribution in [3.63, 3.8) is 0 Å². The summed E-state index contributed by atoms with van der Waals surface area (Å²) in [6.07, 6.45) is 6.71. The summed E-state index contributed by atoms with van der Waals surface area (Å²) < 4.78 is 5.87. The largest absolute Gasteiger partial charge is 0.492 e. The molecule has 7 nitrogen and oxygen atoms in total. The van der Waals surface area contributed by atoms with Crippen LogP contribution in [0.15, 0.2) is 36.5 Å². The predicted molar refractivity (Wildman–Crippen MR) is 128 cm³/mol. The molecule has 1 saturated carbocycles. The van der Waals surface area contributed by atoms with E-state index >= 15 is 0 Å². The van der Waals surface area contributed by atoms with E-state index in [4.69, 9.17) is 4.74 Å². The van der Waals surface area contributed by atoms with Crippen molar-refractivity contribution in [1.29, 1.82) is 0 Å². The molecule has 1 aromatic heterocycles. The molecule has 2 aromatic rings. The number of likely N-dealkylation sites (N-methyl/N-ethyl adjacent to an activating group) is 2. The van der Waals surface area contributed by atoms with Crippen LogP contribution in [0.25, 0.3) is 0 Å². The standard InChI is InChI=1S/C25H39N5O2/c1-4-24(31)30(16-17-32-23-8-6-5-7-9-23)22-12-10-20(11-13-22)25-21(18-27-28-25)19-29(3)15-14-26-2/h5-9,18,20,22,26H,4,10-17,19H2,1-3H3,(H,27,28). The maximum atomic E-state index is 12.7. The molecule has 1 aliphatic rings. The number of ether oxygens (including phenoxy) is 1. The van der Waals surface area contributed by atoms with E-state index in [-0.39, 0.29) is 5.91 Å². The molecule has 0 unspecified atom stereocenters. The van der Waals surface area contributed by atoms with E-state index in [0.29, 0.717) is 31.5 Å². The van der Waals surface area contributed by atoms with E-state index in [9.17, 15) is 4.79 Å². The van der Waals surface area contributed by atoms with Gasteiger partial charge in [0.15, 0.2) is 0 Å². The van der Waals surface area contributed by atoms with Crippen LogP contribution in [0.4, 0.5) is 0 Å². The monoisotopic (exact) mass is 441 g/mol. The molecular formula is C25H39N5O2. The van der Waals surface area contributed by atoms with Crippen molar-refractivity contribution >= 4 is 5.91 Å². The molecule has 1 aromatic carbocycles. The molecule has 3 rings (SSSR count). The van der Waals surface area contributed by atoms with Gasteiger partial charge in [-0.3, -0.25) is 9.89 Å². The third kappa shape index (κ3) is 6.81. The minimum absolute atomic E-state index is 0.221. The lowest BCUT2D eigenvalue weighted by Gasteiger charge is -2.37. The Kier molecular flexibility index (Phi) is 9.56. The number of amides is 1. The average Bonchev–Trinajstić information content (AvgIpc) is 3.29. The second-order valence-corrected chi connectivity index (χ2v) is 8.76. The number of hydrogen-bond donors (Lipinski definition) is 2. The fourth-order valence-electron chi connectivity index (χ4n) is 4.64. The second kappa shape index (κ2) is 12.6. The molecule has 32 heavy (non-hydrogen) atoms. The fraction of sp³-hybridized carbons (Fsp3) is 0.600. The van der Waals surface area contributed by atoms with Crippen molar-refractivity contribution in [2.24, 2.45) is 0 Å². The molecule has 0 radical (unpaired) electrons. The lowest BCUT2D eigenvalue weighted by molar-refractivity contribution is -0.134. The first kappa shape index (κ1) is 24.3. The second-order valence-electron chi connectivity index (χ2n) is 8.76. The first-order chi connectivity index (χ1) is 15.6. The maximum absolute atomic E-state index is 12.7. The van der Waals surface area contributed by atoms with Crippen molar-refractivity contribution in [3.8, 4) is 5.75 Å². The molecule has 0 bridgehead atoms. The van der Waals surface area contributed by atoms with Gasteiger partial charge in [0, 0.05) is 49.3 Å². The van der Waals surface area contributed by atoms with Gasteiger partial charge in [0.05, 0.1) is 12.7 Å². The van der Waals surface area contributed by atoms with E-state index in [1.807, 2.05) is 50.5 Å². The number of H-pyrrole nitrogens is 1. The molecule has 176 valence electrons. The van der Waals surface area contributed by atoms with Crippen LogP contribution in [0.2, 0.25) is 0 Å². The molecule has 1 heterocycles. The summed E-state index contributed by atoms with van der Waals surface area (Å²) in [5.41, 5.74) is 2.57. The molecule has 0 atom stereocenters. The predicted octanol–water partition coefficient (Wildman–Crippen LogP) is 3.40. The first-order valence-corrected chi connectivity index (χ1v) is 11.9. The van der Waals surface area contributed by atoms with Crippen LogP contribution in [0.3, 0.4) is 0 Å². The summed E-state index contributed by atoms with van der Waals surface area (Å²) in [6, 6.07) is 10.1. The van der Waals surface area contributed by atoms with Crippen LogP contribution in [-0.4, -0.2) is 72.3 Å². The van der Waals surface area contributed by atoms with Gasteiger partial charge in [-0.05, 0) is 51.9 Å². The van der Waals surface area contributed by atoms with Gasteiger partial charge in [-0.1, -0.05) is 25.1 Å². The van der Waals surface area contributed by atoms with Crippen LogP contribution < -0.4 is 10.1 Å². The van der Waals surface area contributed by atoms with Gasteiger partial charge in [-0.15, -0.1) is 0 Å². The number of hydrogen-bond acceptors (Lipinski definition) is 5. The number of aromatic nitrogens is 2. The third-order valence-corrected chi connectivity index (χ3v) is 6.45. The van der Waals surface area contributed by atoms with Crippen molar-refractivity contribution in [2.45, 2.75) is 57.5 Å². The fourth-order valence-corrected chi connectivity index (χ4v) is 4.64. The number of aromatic amines is 1. The molecule has 0 saturated heterocycles. The number of carbonyl (C=O) groups is 1. The highest BCUT2D eigenvalue weighted by Crippen LogP contribution is 2.35. The molecule has 2 N–H and O–H groups in total. The molecular weight excluding hydrogens is 402 g/mol. The Bertz CT molecular complexity index is 802. The molecule has 0 aliphatic heterocycles. The van der Waals surface area contributed by atoms with Crippen LogP contribution in [0.5, 0.6) is 5.75 Å². The van der Waals surface area contributed by atoms with E-state index in [1.54, 1.807) is 0 Å². The van der Waals surface area contributed by atoms with Gasteiger partial charge in [0.1, 0.15) is 12.4 Å². The van der Waals surface area contributed by atoms with Crippen molar-refractivity contribution in [1.82, 2.24) is 25.3 Å². The van der Waals surface area contributed by atoms with Crippen LogP contribution in [0.1, 0.15) is 56.2 Å². The zero-order valence-electron chi connectivity index (χ0n) is 19.8. The summed E-state index contributed by atoms with van der Waals surface area (Å²) in [5, 5.41) is 10.8. The Morgan fingerprint density at radius 2 is 1.94 bits per heavy atom. The van der Waals surface area contributed by atoms with E-state index < -0.39 is 0 Å². The molecule has 1 amide bonds. The number of carbonyl (C=O) groups excluding carboxylic acids is 1. The van der Waals surface area contributed by atoms with Gasteiger partial charge >= 0.3 is 0 Å². The smallest absolute Gasteiger partial charge is 0.222 e. The average molecular weight is 442 g/mol. The number of para-hydroxylation sites is 1. The zero-order chi connectivity index (χ0) is 22.8. The minimum atomic E-state index is 0.221. The summed E-state index contributed by atoms with van der Waals surface area (Å²) in [4.78, 5) is 17.0. The number of benzene rings is 1. The van der Waals surface area contributed by atoms with Crippen molar-refractivity contribution in [2.75, 3.05) is 40.3 Å². The molecule has 1 aliphatic carbocycles. The molecule has 1 fully saturated rings. The van der Waals surface area contributed by atoms with Gasteiger partial charge in [0.2, 0.25) is 5.91 Å². The van der Waals surface area contributed by atoms with E-state index in [0.717, 1.165) is 51.1 Å². The van der Waals surface area contributed by atoms with Crippen LogP contribution in [-0.2, 0) is 11.3 Å². The summed E-state index contributed by atoms with van der Waals surface area (Å²) in [7, 11) is 4.13. The Labute approximate surface area is 192 Å². The Morgan fingerprint density at radius 1 is 1.19 bits per heavy atom. The summed E-state index contributed by atoms with van der Waals surface area (Å²) in [5.74, 6) is 1.56. The van der Waals surface area contributed by atoms with Crippen LogP contribution in [0, 0.1) is 0 Å². The lowest BCUT2D eigenvalue weighted by Crippen LogP contribution is -2.44. The first-order valence-electron chi connectivity index (χ1n) is 11.9. The topological polar surface area (TPSA) is 73.5 Å². The number of nitrogens with one attached hydrogen (secondary N) is 2. The third-order valence-electron chi connectivity index (χ3n) is 6.45. The van der Waals surface area contributed by atoms with Crippen molar-refractivity contribution < 1.29 is 9.53 Å². The number of rotatable bonds is 12. The Morgan fingerprint density at radius 3 is 2.62 bits per heavy atom. The van der Waals surface area contributed by atoms with E-state index in [2.05, 4.69) is 32.4 Å². The molecule has 0 spiro atoms. The maximum Gasteiger partial charge on any atom is 0.222 e. The van der Waals surface area contributed by atoms with E-state index in [1.165, 1.54) is 11.3 Å². The van der Waals surface area contributed by atoms with Gasteiger partial charge < -0.3 is 19.9 Å². The highest BCUT2D eigenvalue weighted by molar-refractivity contribution is 5.76. The van der Waals surface area contributed by atoms with Gasteiger partial charge in [-0.2, -0.15) is 5.10 Å². The minimum Gasteiger partial charge on any atom is -0.492 e. The van der Waals surface area contributed by atoms with Gasteiger partial charge in [0.25, 0.3) is 0 Å². The Hall–Kier alpha value is -2.38. The highest BCUT2D eigenvalue weighted by atomic mass is 16.5. The quantitative estimate of drug-likeness (QED) is 0.528. The number of nitrogens with zero attached hydrogens (tertiary/aromatic N) is 3. The SMILES string of the molecule is CCC(=O)N(CCOc1ccccc1)C1CCC(c2[nH]ncc2CN(C)CCNC)CC1. The van der Waals surface area contributed by atoms with Gasteiger partial charge in [-0.25, -0.2) is 0 Å². The zero-order valence-corrected chi connectivity index (χ0v) is 19.8. The normalized spacial score (nSPS) is 18.6. The highest BCUT2D eigenvalue weighted by Gasteiger charge is 2.30. The van der Waals surface area contributed by atoms with Crippen molar-refractivity contribution in [3.05, 3.63) is 47.8 Å². The summed E-state index contributed by atoms with van der Waals surface area (Å²) >= 11 is 0. The van der Waals surface area contributed by atoms with Crippen LogP contribution >= 0.6 is 0 Å². The lowest BCUT2D eigenvalue weighted by atomic mass is 9.82. The Balaban J connectivity index is 1.53. The molecule has 7 heteroatoms.